The SMILES string of the molecule is CC(C)N(CC(N)=O)Cc1ccc(C(=O)NN)cc1Br. The molecule has 0 atom stereocenters. The zero-order valence-electron chi connectivity index (χ0n) is 11.5. The van der Waals surface area contributed by atoms with Gasteiger partial charge in [0.15, 0.2) is 0 Å². The normalized spacial score (nSPS) is 10.9. The second-order valence-corrected chi connectivity index (χ2v) is 5.60. The smallest absolute Gasteiger partial charge is 0.265 e. The van der Waals surface area contributed by atoms with E-state index in [2.05, 4.69) is 21.4 Å². The maximum absolute atomic E-state index is 11.4. The zero-order chi connectivity index (χ0) is 15.3. The molecule has 6 nitrogen and oxygen atoms in total. The number of nitrogens with two attached hydrogens (primary N) is 2. The largest absolute Gasteiger partial charge is 0.369 e. The monoisotopic (exact) mass is 342 g/mol. The zero-order valence-corrected chi connectivity index (χ0v) is 13.1. The highest BCUT2D eigenvalue weighted by Crippen LogP contribution is 2.21. The highest BCUT2D eigenvalue weighted by Gasteiger charge is 2.15. The van der Waals surface area contributed by atoms with Crippen LogP contribution in [0.1, 0.15) is 29.8 Å². The van der Waals surface area contributed by atoms with Crippen LogP contribution >= 0.6 is 15.9 Å². The molecule has 0 aliphatic heterocycles. The Labute approximate surface area is 126 Å². The van der Waals surface area contributed by atoms with Crippen LogP contribution in [-0.4, -0.2) is 29.3 Å². The summed E-state index contributed by atoms with van der Waals surface area (Å²) in [5, 5.41) is 0. The number of hydrogen-bond acceptors (Lipinski definition) is 4. The van der Waals surface area contributed by atoms with Crippen LogP contribution in [0.3, 0.4) is 0 Å². The Balaban J connectivity index is 2.91. The Morgan fingerprint density at radius 3 is 2.50 bits per heavy atom. The molecule has 0 aliphatic rings. The van der Waals surface area contributed by atoms with Crippen LogP contribution in [0.25, 0.3) is 0 Å². The van der Waals surface area contributed by atoms with E-state index >= 15 is 0 Å². The number of rotatable bonds is 6. The number of hydrazine groups is 1. The number of primary amides is 1. The fourth-order valence-corrected chi connectivity index (χ4v) is 2.24. The van der Waals surface area contributed by atoms with Crippen molar-refractivity contribution in [3.05, 3.63) is 33.8 Å². The molecular weight excluding hydrogens is 324 g/mol. The summed E-state index contributed by atoms with van der Waals surface area (Å²) in [5.41, 5.74) is 8.76. The molecule has 7 heteroatoms. The van der Waals surface area contributed by atoms with Crippen LogP contribution in [0.4, 0.5) is 0 Å². The Morgan fingerprint density at radius 1 is 1.40 bits per heavy atom. The number of carbonyl (C=O) groups is 2. The molecule has 0 unspecified atom stereocenters. The molecule has 1 aromatic rings. The summed E-state index contributed by atoms with van der Waals surface area (Å²) in [5.74, 6) is 4.37. The van der Waals surface area contributed by atoms with Crippen molar-refractivity contribution in [2.75, 3.05) is 6.54 Å². The predicted octanol–water partition coefficient (Wildman–Crippen LogP) is 0.748. The summed E-state index contributed by atoms with van der Waals surface area (Å²) >= 11 is 3.42. The van der Waals surface area contributed by atoms with Crippen molar-refractivity contribution in [2.24, 2.45) is 11.6 Å². The molecule has 0 saturated heterocycles. The van der Waals surface area contributed by atoms with Gasteiger partial charge in [0.05, 0.1) is 6.54 Å². The lowest BCUT2D eigenvalue weighted by Crippen LogP contribution is -2.38. The Kier molecular flexibility index (Phi) is 6.12. The minimum atomic E-state index is -0.367. The number of carbonyl (C=O) groups excluding carboxylic acids is 2. The first kappa shape index (κ1) is 16.6. The molecule has 5 N–H and O–H groups in total. The number of hydrogen-bond donors (Lipinski definition) is 3. The maximum atomic E-state index is 11.4. The standard InChI is InChI=1S/C13H19BrN4O2/c1-8(2)18(7-12(15)19)6-10-4-3-9(5-11(10)14)13(20)17-16/h3-5,8H,6-7,16H2,1-2H3,(H2,15,19)(H,17,20). The first-order valence-corrected chi connectivity index (χ1v) is 6.96. The van der Waals surface area contributed by atoms with Crippen LogP contribution in [-0.2, 0) is 11.3 Å². The summed E-state index contributed by atoms with van der Waals surface area (Å²) in [6.07, 6.45) is 0. The Hall–Kier alpha value is -1.44. The lowest BCUT2D eigenvalue weighted by molar-refractivity contribution is -0.119. The third kappa shape index (κ3) is 4.59. The molecule has 0 radical (unpaired) electrons. The number of nitrogen functional groups attached to an aromatic ring is 1. The topological polar surface area (TPSA) is 101 Å². The van der Waals surface area contributed by atoms with Gasteiger partial charge in [-0.05, 0) is 31.5 Å². The third-order valence-electron chi connectivity index (χ3n) is 2.91. The van der Waals surface area contributed by atoms with Crippen LogP contribution in [0.15, 0.2) is 22.7 Å². The number of benzene rings is 1. The average Bonchev–Trinajstić information content (AvgIpc) is 2.38. The molecular formula is C13H19BrN4O2. The van der Waals surface area contributed by atoms with Gasteiger partial charge in [0.2, 0.25) is 5.91 Å². The predicted molar refractivity (Wildman–Crippen MR) is 80.5 cm³/mol. The summed E-state index contributed by atoms with van der Waals surface area (Å²) in [6, 6.07) is 5.39. The van der Waals surface area contributed by atoms with Gasteiger partial charge >= 0.3 is 0 Å². The van der Waals surface area contributed by atoms with Crippen LogP contribution in [0.5, 0.6) is 0 Å². The van der Waals surface area contributed by atoms with Crippen molar-refractivity contribution in [2.45, 2.75) is 26.4 Å². The molecule has 0 heterocycles. The Morgan fingerprint density at radius 2 is 2.05 bits per heavy atom. The van der Waals surface area contributed by atoms with Crippen molar-refractivity contribution < 1.29 is 9.59 Å². The first-order chi connectivity index (χ1) is 9.35. The molecule has 2 amide bonds. The lowest BCUT2D eigenvalue weighted by Gasteiger charge is -2.25. The molecule has 1 rings (SSSR count). The van der Waals surface area contributed by atoms with Gasteiger partial charge in [-0.3, -0.25) is 19.9 Å². The maximum Gasteiger partial charge on any atom is 0.265 e. The molecule has 110 valence electrons. The quantitative estimate of drug-likeness (QED) is 0.403. The number of amides is 2. The second-order valence-electron chi connectivity index (χ2n) is 4.74. The van der Waals surface area contributed by atoms with E-state index in [1.807, 2.05) is 24.8 Å². The number of halogens is 1. The van der Waals surface area contributed by atoms with Crippen molar-refractivity contribution in [1.82, 2.24) is 10.3 Å². The summed E-state index contributed by atoms with van der Waals surface area (Å²) in [7, 11) is 0. The van der Waals surface area contributed by atoms with Crippen LogP contribution in [0.2, 0.25) is 0 Å². The van der Waals surface area contributed by atoms with E-state index in [1.165, 1.54) is 0 Å². The van der Waals surface area contributed by atoms with Gasteiger partial charge in [-0.1, -0.05) is 22.0 Å². The van der Waals surface area contributed by atoms with E-state index in [1.54, 1.807) is 12.1 Å². The summed E-state index contributed by atoms with van der Waals surface area (Å²) < 4.78 is 0.786. The van der Waals surface area contributed by atoms with Gasteiger partial charge < -0.3 is 5.73 Å². The highest BCUT2D eigenvalue weighted by atomic mass is 79.9. The average molecular weight is 343 g/mol. The van der Waals surface area contributed by atoms with E-state index in [4.69, 9.17) is 11.6 Å². The van der Waals surface area contributed by atoms with Crippen LogP contribution < -0.4 is 17.0 Å². The van der Waals surface area contributed by atoms with Crippen molar-refractivity contribution in [3.8, 4) is 0 Å². The van der Waals surface area contributed by atoms with Crippen LogP contribution in [0, 0.1) is 0 Å². The number of nitrogens with one attached hydrogen (secondary N) is 1. The minimum absolute atomic E-state index is 0.182. The number of nitrogens with zero attached hydrogens (tertiary/aromatic N) is 1. The van der Waals surface area contributed by atoms with E-state index in [0.717, 1.165) is 10.0 Å². The van der Waals surface area contributed by atoms with Gasteiger partial charge in [0, 0.05) is 22.6 Å². The highest BCUT2D eigenvalue weighted by molar-refractivity contribution is 9.10. The molecule has 1 aromatic carbocycles. The molecule has 0 saturated carbocycles. The minimum Gasteiger partial charge on any atom is -0.369 e. The molecule has 0 spiro atoms. The van der Waals surface area contributed by atoms with Crippen molar-refractivity contribution in [1.29, 1.82) is 0 Å². The van der Waals surface area contributed by atoms with Gasteiger partial charge in [0.25, 0.3) is 5.91 Å². The molecule has 0 bridgehead atoms. The fraction of sp³-hybridized carbons (Fsp3) is 0.385. The summed E-state index contributed by atoms with van der Waals surface area (Å²) in [4.78, 5) is 24.4. The van der Waals surface area contributed by atoms with Gasteiger partial charge in [-0.2, -0.15) is 0 Å². The van der Waals surface area contributed by atoms with E-state index in [9.17, 15) is 9.59 Å². The van der Waals surface area contributed by atoms with Gasteiger partial charge in [-0.25, -0.2) is 5.84 Å². The fourth-order valence-electron chi connectivity index (χ4n) is 1.74. The lowest BCUT2D eigenvalue weighted by atomic mass is 10.1. The summed E-state index contributed by atoms with van der Waals surface area (Å²) in [6.45, 7) is 4.74. The Bertz CT molecular complexity index is 505. The van der Waals surface area contributed by atoms with Gasteiger partial charge in [0.1, 0.15) is 0 Å². The van der Waals surface area contributed by atoms with Gasteiger partial charge in [-0.15, -0.1) is 0 Å². The van der Waals surface area contributed by atoms with E-state index in [-0.39, 0.29) is 24.4 Å². The van der Waals surface area contributed by atoms with E-state index in [0.29, 0.717) is 12.1 Å². The second kappa shape index (κ2) is 7.37. The van der Waals surface area contributed by atoms with Crippen molar-refractivity contribution in [3.63, 3.8) is 0 Å². The molecule has 0 aromatic heterocycles. The first-order valence-electron chi connectivity index (χ1n) is 6.17. The third-order valence-corrected chi connectivity index (χ3v) is 3.65. The molecule has 0 fully saturated rings. The van der Waals surface area contributed by atoms with E-state index < -0.39 is 0 Å². The molecule has 0 aliphatic carbocycles. The molecule has 20 heavy (non-hydrogen) atoms. The van der Waals surface area contributed by atoms with Crippen molar-refractivity contribution >= 4 is 27.7 Å².